The molecule has 0 radical (unpaired) electrons. The van der Waals surface area contributed by atoms with Crippen LogP contribution in [0, 0.1) is 25.2 Å². The highest BCUT2D eigenvalue weighted by Crippen LogP contribution is 2.22. The maximum atomic E-state index is 12.9. The number of hydrogen-bond acceptors (Lipinski definition) is 6. The maximum Gasteiger partial charge on any atom is 0.307 e. The molecule has 28 heavy (non-hydrogen) atoms. The summed E-state index contributed by atoms with van der Waals surface area (Å²) in [6.07, 6.45) is -0.978. The van der Waals surface area contributed by atoms with Crippen molar-refractivity contribution >= 4 is 21.9 Å². The van der Waals surface area contributed by atoms with Gasteiger partial charge in [-0.3, -0.25) is 9.59 Å². The first kappa shape index (κ1) is 21.9. The smallest absolute Gasteiger partial charge is 0.307 e. The number of benzene rings is 1. The number of amides is 1. The molecular formula is C19H25N3O5S. The first-order valence-corrected chi connectivity index (χ1v) is 10.5. The van der Waals surface area contributed by atoms with Crippen molar-refractivity contribution in [1.82, 2.24) is 9.21 Å². The summed E-state index contributed by atoms with van der Waals surface area (Å²) in [5.41, 5.74) is 1.56. The fraction of sp³-hybridized carbons (Fsp3) is 0.526. The lowest BCUT2D eigenvalue weighted by Crippen LogP contribution is -2.50. The van der Waals surface area contributed by atoms with Gasteiger partial charge in [-0.15, -0.1) is 0 Å². The summed E-state index contributed by atoms with van der Waals surface area (Å²) in [4.78, 5) is 25.7. The first-order valence-electron chi connectivity index (χ1n) is 9.09. The van der Waals surface area contributed by atoms with Gasteiger partial charge in [-0.25, -0.2) is 8.42 Å². The van der Waals surface area contributed by atoms with Crippen molar-refractivity contribution in [2.24, 2.45) is 0 Å². The van der Waals surface area contributed by atoms with E-state index in [1.54, 1.807) is 30.0 Å². The molecule has 1 heterocycles. The SMILES string of the molecule is Cc1ccc(C)c(S(=O)(=O)N2CCN(C(=O)CCC(=O)O[C@@H](C)C#N)CC2)c1. The fourth-order valence-corrected chi connectivity index (χ4v) is 4.68. The molecule has 0 aliphatic carbocycles. The van der Waals surface area contributed by atoms with Crippen LogP contribution in [0.15, 0.2) is 23.1 Å². The minimum absolute atomic E-state index is 0.0271. The Morgan fingerprint density at radius 3 is 2.43 bits per heavy atom. The zero-order valence-corrected chi connectivity index (χ0v) is 17.2. The van der Waals surface area contributed by atoms with Crippen LogP contribution in [0.25, 0.3) is 0 Å². The molecule has 1 aliphatic rings. The third-order valence-electron chi connectivity index (χ3n) is 4.59. The predicted octanol–water partition coefficient (Wildman–Crippen LogP) is 1.37. The van der Waals surface area contributed by atoms with E-state index in [2.05, 4.69) is 0 Å². The summed E-state index contributed by atoms with van der Waals surface area (Å²) in [6.45, 7) is 6.01. The maximum absolute atomic E-state index is 12.9. The molecular weight excluding hydrogens is 382 g/mol. The van der Waals surface area contributed by atoms with Crippen molar-refractivity contribution in [2.75, 3.05) is 26.2 Å². The second-order valence-corrected chi connectivity index (χ2v) is 8.72. The minimum Gasteiger partial charge on any atom is -0.447 e. The lowest BCUT2D eigenvalue weighted by Gasteiger charge is -2.34. The van der Waals surface area contributed by atoms with E-state index in [-0.39, 0.29) is 44.9 Å². The third-order valence-corrected chi connectivity index (χ3v) is 6.63. The van der Waals surface area contributed by atoms with Gasteiger partial charge in [0.2, 0.25) is 15.9 Å². The summed E-state index contributed by atoms with van der Waals surface area (Å²) in [5.74, 6) is -0.830. The van der Waals surface area contributed by atoms with Crippen molar-refractivity contribution in [1.29, 1.82) is 5.26 Å². The monoisotopic (exact) mass is 407 g/mol. The number of nitriles is 1. The fourth-order valence-electron chi connectivity index (χ4n) is 2.95. The van der Waals surface area contributed by atoms with Crippen LogP contribution in [0.5, 0.6) is 0 Å². The van der Waals surface area contributed by atoms with Gasteiger partial charge in [0.1, 0.15) is 6.07 Å². The van der Waals surface area contributed by atoms with Gasteiger partial charge in [-0.1, -0.05) is 12.1 Å². The molecule has 0 saturated carbocycles. The summed E-state index contributed by atoms with van der Waals surface area (Å²) in [6, 6.07) is 7.10. The molecule has 9 heteroatoms. The van der Waals surface area contributed by atoms with E-state index < -0.39 is 22.1 Å². The number of aryl methyl sites for hydroxylation is 2. The van der Waals surface area contributed by atoms with E-state index in [4.69, 9.17) is 10.00 Å². The number of carbonyl (C=O) groups is 2. The molecule has 0 unspecified atom stereocenters. The molecule has 1 aromatic rings. The molecule has 1 atom stereocenters. The predicted molar refractivity (Wildman–Crippen MR) is 102 cm³/mol. The zero-order chi connectivity index (χ0) is 20.9. The van der Waals surface area contributed by atoms with E-state index in [1.807, 2.05) is 13.0 Å². The number of esters is 1. The quantitative estimate of drug-likeness (QED) is 0.659. The van der Waals surface area contributed by atoms with Crippen molar-refractivity contribution < 1.29 is 22.7 Å². The molecule has 0 spiro atoms. The van der Waals surface area contributed by atoms with Crippen LogP contribution in [0.4, 0.5) is 0 Å². The Labute approximate surface area is 165 Å². The van der Waals surface area contributed by atoms with Gasteiger partial charge < -0.3 is 9.64 Å². The molecule has 1 fully saturated rings. The van der Waals surface area contributed by atoms with Crippen LogP contribution in [0.2, 0.25) is 0 Å². The van der Waals surface area contributed by atoms with E-state index >= 15 is 0 Å². The summed E-state index contributed by atoms with van der Waals surface area (Å²) >= 11 is 0. The van der Waals surface area contributed by atoms with E-state index in [1.165, 1.54) is 11.2 Å². The Morgan fingerprint density at radius 2 is 1.82 bits per heavy atom. The van der Waals surface area contributed by atoms with Crippen LogP contribution < -0.4 is 0 Å². The Kier molecular flexibility index (Phi) is 7.16. The number of nitrogens with zero attached hydrogens (tertiary/aromatic N) is 3. The van der Waals surface area contributed by atoms with Gasteiger partial charge in [-0.2, -0.15) is 9.57 Å². The van der Waals surface area contributed by atoms with Crippen LogP contribution >= 0.6 is 0 Å². The van der Waals surface area contributed by atoms with Crippen LogP contribution in [0.3, 0.4) is 0 Å². The largest absolute Gasteiger partial charge is 0.447 e. The van der Waals surface area contributed by atoms with Crippen molar-refractivity contribution in [3.63, 3.8) is 0 Å². The van der Waals surface area contributed by atoms with Crippen LogP contribution in [0.1, 0.15) is 30.9 Å². The van der Waals surface area contributed by atoms with E-state index in [0.717, 1.165) is 5.56 Å². The number of sulfonamides is 1. The standard InChI is InChI=1S/C19H25N3O5S/c1-14-4-5-15(2)17(12-14)28(25,26)22-10-8-21(9-11-22)18(23)6-7-19(24)27-16(3)13-20/h4-5,12,16H,6-11H2,1-3H3/t16-/m0/s1. The van der Waals surface area contributed by atoms with Crippen LogP contribution in [-0.4, -0.2) is 61.8 Å². The Morgan fingerprint density at radius 1 is 1.18 bits per heavy atom. The lowest BCUT2D eigenvalue weighted by molar-refractivity contribution is -0.148. The average Bonchev–Trinajstić information content (AvgIpc) is 2.67. The Bertz CT molecular complexity index is 883. The van der Waals surface area contributed by atoms with E-state index in [0.29, 0.717) is 10.5 Å². The van der Waals surface area contributed by atoms with Gasteiger partial charge in [0, 0.05) is 32.6 Å². The zero-order valence-electron chi connectivity index (χ0n) is 16.3. The lowest BCUT2D eigenvalue weighted by atomic mass is 10.2. The van der Waals surface area contributed by atoms with Crippen molar-refractivity contribution in [2.45, 2.75) is 44.6 Å². The first-order chi connectivity index (χ1) is 13.1. The molecule has 2 rings (SSSR count). The highest BCUT2D eigenvalue weighted by atomic mass is 32.2. The normalized spacial score (nSPS) is 16.3. The minimum atomic E-state index is -3.62. The molecule has 8 nitrogen and oxygen atoms in total. The molecule has 1 amide bonds. The summed E-state index contributed by atoms with van der Waals surface area (Å²) < 4.78 is 32.0. The molecule has 1 saturated heterocycles. The molecule has 1 aromatic carbocycles. The summed E-state index contributed by atoms with van der Waals surface area (Å²) in [7, 11) is -3.62. The van der Waals surface area contributed by atoms with E-state index in [9.17, 15) is 18.0 Å². The van der Waals surface area contributed by atoms with Gasteiger partial charge in [-0.05, 0) is 38.0 Å². The number of carbonyl (C=O) groups excluding carboxylic acids is 2. The highest BCUT2D eigenvalue weighted by Gasteiger charge is 2.31. The van der Waals surface area contributed by atoms with Crippen molar-refractivity contribution in [3.05, 3.63) is 29.3 Å². The topological polar surface area (TPSA) is 108 Å². The Balaban J connectivity index is 1.91. The van der Waals surface area contributed by atoms with Crippen molar-refractivity contribution in [3.8, 4) is 6.07 Å². The van der Waals surface area contributed by atoms with Gasteiger partial charge in [0.25, 0.3) is 0 Å². The third kappa shape index (κ3) is 5.30. The Hall–Kier alpha value is -2.44. The molecule has 0 N–H and O–H groups in total. The molecule has 0 bridgehead atoms. The average molecular weight is 407 g/mol. The second kappa shape index (κ2) is 9.17. The molecule has 1 aliphatic heterocycles. The highest BCUT2D eigenvalue weighted by molar-refractivity contribution is 7.89. The number of rotatable bonds is 6. The van der Waals surface area contributed by atoms with Gasteiger partial charge >= 0.3 is 5.97 Å². The van der Waals surface area contributed by atoms with Gasteiger partial charge in [0.05, 0.1) is 11.3 Å². The second-order valence-electron chi connectivity index (χ2n) is 6.82. The van der Waals surface area contributed by atoms with Gasteiger partial charge in [0.15, 0.2) is 6.10 Å². The molecule has 0 aromatic heterocycles. The number of piperazine rings is 1. The number of hydrogen-bond donors (Lipinski definition) is 0. The van der Waals surface area contributed by atoms with Crippen LogP contribution in [-0.2, 0) is 24.3 Å². The molecule has 152 valence electrons. The number of ether oxygens (including phenoxy) is 1. The summed E-state index contributed by atoms with van der Waals surface area (Å²) in [5, 5.41) is 8.61.